The van der Waals surface area contributed by atoms with E-state index in [1.807, 2.05) is 12.1 Å². The Balaban J connectivity index is 2.38. The largest absolute Gasteiger partial charge is 0.481 e. The van der Waals surface area contributed by atoms with Gasteiger partial charge in [-0.2, -0.15) is 0 Å². The van der Waals surface area contributed by atoms with Crippen LogP contribution in [0.1, 0.15) is 11.8 Å². The van der Waals surface area contributed by atoms with Gasteiger partial charge in [-0.15, -0.1) is 11.3 Å². The van der Waals surface area contributed by atoms with Gasteiger partial charge in [0.15, 0.2) is 0 Å². The van der Waals surface area contributed by atoms with Crippen LogP contribution in [0.5, 0.6) is 0 Å². The Kier molecular flexibility index (Phi) is 5.61. The number of hydrogen-bond donors (Lipinski definition) is 2. The molecule has 0 spiro atoms. The summed E-state index contributed by atoms with van der Waals surface area (Å²) in [5, 5.41) is 11.5. The fraction of sp³-hybridized carbons (Fsp3) is 0.455. The number of amides is 2. The van der Waals surface area contributed by atoms with Gasteiger partial charge in [0.05, 0.1) is 16.2 Å². The Morgan fingerprint density at radius 3 is 2.72 bits per heavy atom. The van der Waals surface area contributed by atoms with Crippen LogP contribution in [0.25, 0.3) is 0 Å². The quantitative estimate of drug-likeness (QED) is 0.868. The van der Waals surface area contributed by atoms with E-state index in [2.05, 4.69) is 21.2 Å². The van der Waals surface area contributed by atoms with Gasteiger partial charge in [-0.1, -0.05) is 6.92 Å². The summed E-state index contributed by atoms with van der Waals surface area (Å²) in [5.74, 6) is -1.48. The van der Waals surface area contributed by atoms with Crippen molar-refractivity contribution < 1.29 is 14.7 Å². The van der Waals surface area contributed by atoms with Crippen LogP contribution in [0, 0.1) is 5.92 Å². The first-order valence-corrected chi connectivity index (χ1v) is 6.97. The molecule has 0 bridgehead atoms. The number of thiophene rings is 1. The van der Waals surface area contributed by atoms with Crippen LogP contribution in [0.4, 0.5) is 4.79 Å². The van der Waals surface area contributed by atoms with Crippen LogP contribution >= 0.6 is 27.3 Å². The lowest BCUT2D eigenvalue weighted by Crippen LogP contribution is -2.40. The van der Waals surface area contributed by atoms with Gasteiger partial charge in [0, 0.05) is 18.5 Å². The highest BCUT2D eigenvalue weighted by Gasteiger charge is 2.17. The maximum atomic E-state index is 11.7. The van der Waals surface area contributed by atoms with E-state index < -0.39 is 11.9 Å². The molecule has 1 rings (SSSR count). The number of carbonyl (C=O) groups is 2. The number of carboxylic acid groups (broad SMARTS) is 1. The highest BCUT2D eigenvalue weighted by molar-refractivity contribution is 9.11. The van der Waals surface area contributed by atoms with E-state index >= 15 is 0 Å². The second-order valence-corrected chi connectivity index (χ2v) is 6.53. The van der Waals surface area contributed by atoms with E-state index in [1.165, 1.54) is 4.90 Å². The number of halogens is 1. The van der Waals surface area contributed by atoms with E-state index in [0.717, 1.165) is 8.66 Å². The van der Waals surface area contributed by atoms with Crippen molar-refractivity contribution in [3.63, 3.8) is 0 Å². The van der Waals surface area contributed by atoms with Crippen molar-refractivity contribution in [2.75, 3.05) is 13.6 Å². The number of carboxylic acids is 1. The number of urea groups is 1. The number of rotatable bonds is 5. The predicted octanol–water partition coefficient (Wildman–Crippen LogP) is 2.37. The van der Waals surface area contributed by atoms with Gasteiger partial charge in [0.2, 0.25) is 0 Å². The highest BCUT2D eigenvalue weighted by Crippen LogP contribution is 2.21. The van der Waals surface area contributed by atoms with Crippen LogP contribution < -0.4 is 5.32 Å². The average Bonchev–Trinajstić information content (AvgIpc) is 2.71. The number of aliphatic carboxylic acids is 1. The maximum Gasteiger partial charge on any atom is 0.317 e. The summed E-state index contributed by atoms with van der Waals surface area (Å²) in [4.78, 5) is 24.8. The van der Waals surface area contributed by atoms with Crippen LogP contribution in [0.2, 0.25) is 0 Å². The number of carbonyl (C=O) groups excluding carboxylic acids is 1. The summed E-state index contributed by atoms with van der Waals surface area (Å²) >= 11 is 4.90. The normalized spacial score (nSPS) is 11.9. The molecule has 0 fully saturated rings. The molecule has 7 heteroatoms. The molecule has 2 amide bonds. The van der Waals surface area contributed by atoms with Gasteiger partial charge in [-0.3, -0.25) is 4.79 Å². The smallest absolute Gasteiger partial charge is 0.317 e. The first kappa shape index (κ1) is 15.0. The minimum Gasteiger partial charge on any atom is -0.481 e. The minimum atomic E-state index is -0.906. The molecule has 2 N–H and O–H groups in total. The molecule has 1 aromatic heterocycles. The Morgan fingerprint density at radius 2 is 2.22 bits per heavy atom. The highest BCUT2D eigenvalue weighted by atomic mass is 79.9. The average molecular weight is 335 g/mol. The lowest BCUT2D eigenvalue weighted by atomic mass is 10.2. The first-order chi connectivity index (χ1) is 8.40. The summed E-state index contributed by atoms with van der Waals surface area (Å²) in [6.45, 7) is 2.21. The van der Waals surface area contributed by atoms with Crippen LogP contribution in [0.3, 0.4) is 0 Å². The van der Waals surface area contributed by atoms with E-state index in [0.29, 0.717) is 6.54 Å². The fourth-order valence-corrected chi connectivity index (χ4v) is 2.74. The maximum absolute atomic E-state index is 11.7. The molecule has 0 aromatic carbocycles. The van der Waals surface area contributed by atoms with Crippen molar-refractivity contribution in [1.29, 1.82) is 0 Å². The molecule has 0 saturated carbocycles. The first-order valence-electron chi connectivity index (χ1n) is 5.36. The molecule has 18 heavy (non-hydrogen) atoms. The Hall–Kier alpha value is -1.08. The van der Waals surface area contributed by atoms with Crippen molar-refractivity contribution in [3.05, 3.63) is 20.8 Å². The zero-order valence-corrected chi connectivity index (χ0v) is 12.5. The number of hydrogen-bond acceptors (Lipinski definition) is 3. The van der Waals surface area contributed by atoms with E-state index in [4.69, 9.17) is 5.11 Å². The molecular formula is C11H15BrN2O3S. The van der Waals surface area contributed by atoms with Crippen LogP contribution in [-0.4, -0.2) is 35.6 Å². The SMILES string of the molecule is CC(CN(C)C(=O)NCc1ccc(Br)s1)C(=O)O. The molecule has 1 atom stereocenters. The summed E-state index contributed by atoms with van der Waals surface area (Å²) < 4.78 is 1.01. The minimum absolute atomic E-state index is 0.190. The van der Waals surface area contributed by atoms with Crippen LogP contribution in [0.15, 0.2) is 15.9 Å². The molecule has 0 aliphatic rings. The predicted molar refractivity (Wildman–Crippen MR) is 73.7 cm³/mol. The molecule has 1 heterocycles. The third-order valence-corrected chi connectivity index (χ3v) is 3.98. The monoisotopic (exact) mass is 334 g/mol. The fourth-order valence-electron chi connectivity index (χ4n) is 1.32. The second-order valence-electron chi connectivity index (χ2n) is 3.98. The summed E-state index contributed by atoms with van der Waals surface area (Å²) in [7, 11) is 1.58. The van der Waals surface area contributed by atoms with Crippen molar-refractivity contribution in [2.45, 2.75) is 13.5 Å². The molecule has 1 unspecified atom stereocenters. The zero-order valence-electron chi connectivity index (χ0n) is 10.1. The molecule has 0 saturated heterocycles. The molecule has 0 aliphatic carbocycles. The van der Waals surface area contributed by atoms with Gasteiger partial charge in [0.1, 0.15) is 0 Å². The standard InChI is InChI=1S/C11H15BrN2O3S/c1-7(10(15)16)6-14(2)11(17)13-5-8-3-4-9(12)18-8/h3-4,7H,5-6H2,1-2H3,(H,13,17)(H,15,16). The van der Waals surface area contributed by atoms with Crippen molar-refractivity contribution in [3.8, 4) is 0 Å². The van der Waals surface area contributed by atoms with Gasteiger partial charge in [-0.05, 0) is 28.1 Å². The van der Waals surface area contributed by atoms with Crippen LogP contribution in [-0.2, 0) is 11.3 Å². The third kappa shape index (κ3) is 4.66. The molecule has 0 aliphatic heterocycles. The number of nitrogens with zero attached hydrogens (tertiary/aromatic N) is 1. The van der Waals surface area contributed by atoms with Gasteiger partial charge < -0.3 is 15.3 Å². The topological polar surface area (TPSA) is 69.6 Å². The lowest BCUT2D eigenvalue weighted by molar-refractivity contribution is -0.141. The van der Waals surface area contributed by atoms with E-state index in [9.17, 15) is 9.59 Å². The van der Waals surface area contributed by atoms with Crippen molar-refractivity contribution >= 4 is 39.3 Å². The Morgan fingerprint density at radius 1 is 1.56 bits per heavy atom. The summed E-state index contributed by atoms with van der Waals surface area (Å²) in [6, 6.07) is 3.57. The summed E-state index contributed by atoms with van der Waals surface area (Å²) in [5.41, 5.74) is 0. The molecule has 100 valence electrons. The number of nitrogens with one attached hydrogen (secondary N) is 1. The van der Waals surface area contributed by atoms with E-state index in [1.54, 1.807) is 25.3 Å². The Labute approximate surface area is 118 Å². The molecular weight excluding hydrogens is 320 g/mol. The molecule has 0 radical (unpaired) electrons. The van der Waals surface area contributed by atoms with Crippen molar-refractivity contribution in [1.82, 2.24) is 10.2 Å². The van der Waals surface area contributed by atoms with E-state index in [-0.39, 0.29) is 12.6 Å². The lowest BCUT2D eigenvalue weighted by Gasteiger charge is -2.19. The molecule has 5 nitrogen and oxygen atoms in total. The van der Waals surface area contributed by atoms with Gasteiger partial charge in [0.25, 0.3) is 0 Å². The van der Waals surface area contributed by atoms with Gasteiger partial charge >= 0.3 is 12.0 Å². The zero-order chi connectivity index (χ0) is 13.7. The molecule has 1 aromatic rings. The van der Waals surface area contributed by atoms with Crippen molar-refractivity contribution in [2.24, 2.45) is 5.92 Å². The second kappa shape index (κ2) is 6.75. The van der Waals surface area contributed by atoms with Gasteiger partial charge in [-0.25, -0.2) is 4.79 Å². The Bertz CT molecular complexity index is 436. The third-order valence-electron chi connectivity index (χ3n) is 2.36. The summed E-state index contributed by atoms with van der Waals surface area (Å²) in [6.07, 6.45) is 0.